The van der Waals surface area contributed by atoms with Crippen LogP contribution < -0.4 is 11.1 Å². The summed E-state index contributed by atoms with van der Waals surface area (Å²) in [5.41, 5.74) is -0.450. The fourth-order valence-electron chi connectivity index (χ4n) is 4.60. The molecule has 2 aromatic rings. The molecule has 12 heteroatoms. The number of hydrogen-bond acceptors (Lipinski definition) is 8. The third-order valence-electron chi connectivity index (χ3n) is 6.98. The van der Waals surface area contributed by atoms with E-state index in [1.54, 1.807) is 19.9 Å². The molecular formula is C34H48F2N2O8. The molecule has 0 aliphatic heterocycles. The number of nitrogens with zero attached hydrogens (tertiary/aromatic N) is 2. The molecule has 46 heavy (non-hydrogen) atoms. The Labute approximate surface area is 269 Å². The first kappa shape index (κ1) is 39.9. The van der Waals surface area contributed by atoms with Gasteiger partial charge in [-0.15, -0.1) is 0 Å². The van der Waals surface area contributed by atoms with Crippen LogP contribution in [0.4, 0.5) is 8.78 Å². The van der Waals surface area contributed by atoms with E-state index in [2.05, 4.69) is 0 Å². The normalized spacial score (nSPS) is 12.5. The van der Waals surface area contributed by atoms with Crippen LogP contribution in [0.2, 0.25) is 0 Å². The molecule has 10 nitrogen and oxygen atoms in total. The molecule has 2 rings (SSSR count). The molecule has 2 heterocycles. The summed E-state index contributed by atoms with van der Waals surface area (Å²) in [7, 11) is 0. The fraction of sp³-hybridized carbons (Fsp3) is 0.559. The second-order valence-electron chi connectivity index (χ2n) is 11.5. The minimum atomic E-state index is -0.933. The van der Waals surface area contributed by atoms with E-state index in [-0.39, 0.29) is 42.6 Å². The summed E-state index contributed by atoms with van der Waals surface area (Å²) in [6.07, 6.45) is 7.25. The summed E-state index contributed by atoms with van der Waals surface area (Å²) in [6, 6.07) is -1.75. The van der Waals surface area contributed by atoms with E-state index in [1.807, 2.05) is 34.6 Å². The number of carbonyl (C=O) groups is 3. The molecule has 2 unspecified atom stereocenters. The number of ether oxygens (including phenoxy) is 3. The van der Waals surface area contributed by atoms with Crippen molar-refractivity contribution in [2.75, 3.05) is 19.8 Å². The molecule has 2 atom stereocenters. The van der Waals surface area contributed by atoms with Gasteiger partial charge in [0.15, 0.2) is 11.6 Å². The third kappa shape index (κ3) is 11.1. The Morgan fingerprint density at radius 3 is 1.65 bits per heavy atom. The van der Waals surface area contributed by atoms with Crippen LogP contribution in [0.15, 0.2) is 28.2 Å². The van der Waals surface area contributed by atoms with Gasteiger partial charge in [0.1, 0.15) is 18.4 Å². The lowest BCUT2D eigenvalue weighted by molar-refractivity contribution is -0.148. The maximum atomic E-state index is 14.3. The summed E-state index contributed by atoms with van der Waals surface area (Å²) < 4.78 is 45.8. The van der Waals surface area contributed by atoms with Gasteiger partial charge in [0, 0.05) is 18.8 Å². The quantitative estimate of drug-likeness (QED) is 0.138. The number of aromatic nitrogens is 2. The molecule has 0 radical (unpaired) electrons. The zero-order valence-electron chi connectivity index (χ0n) is 28.4. The summed E-state index contributed by atoms with van der Waals surface area (Å²) in [5, 5.41) is 0. The first-order valence-corrected chi connectivity index (χ1v) is 15.5. The average molecular weight is 651 g/mol. The highest BCUT2D eigenvalue weighted by atomic mass is 19.1. The SMILES string of the molecule is CCO/C=C/c1cn(C(CC(C)C)C(=O)OCC)c(=O)c(F)c1C.CCOC(=O)C(CC(C)C)n1cc(CC=O)c(C)c(F)c1=O. The topological polar surface area (TPSA) is 123 Å². The van der Waals surface area contributed by atoms with Gasteiger partial charge in [-0.3, -0.25) is 18.7 Å². The van der Waals surface area contributed by atoms with Crippen molar-refractivity contribution in [3.05, 3.63) is 73.3 Å². The van der Waals surface area contributed by atoms with Gasteiger partial charge in [-0.1, -0.05) is 27.7 Å². The van der Waals surface area contributed by atoms with E-state index in [1.165, 1.54) is 32.5 Å². The maximum Gasteiger partial charge on any atom is 0.329 e. The number of aldehydes is 1. The first-order chi connectivity index (χ1) is 21.7. The second kappa shape index (κ2) is 19.4. The van der Waals surface area contributed by atoms with Gasteiger partial charge in [0.2, 0.25) is 0 Å². The van der Waals surface area contributed by atoms with Crippen LogP contribution in [0.3, 0.4) is 0 Å². The molecule has 0 amide bonds. The number of rotatable bonds is 15. The summed E-state index contributed by atoms with van der Waals surface area (Å²) in [4.78, 5) is 59.6. The van der Waals surface area contributed by atoms with E-state index in [0.717, 1.165) is 9.13 Å². The van der Waals surface area contributed by atoms with Crippen LogP contribution in [-0.4, -0.2) is 47.2 Å². The molecule has 0 aliphatic carbocycles. The van der Waals surface area contributed by atoms with Gasteiger partial charge in [-0.25, -0.2) is 18.4 Å². The lowest BCUT2D eigenvalue weighted by Gasteiger charge is -2.21. The highest BCUT2D eigenvalue weighted by molar-refractivity contribution is 5.75. The summed E-state index contributed by atoms with van der Waals surface area (Å²) in [5.74, 6) is -2.66. The Hall–Kier alpha value is -4.09. The lowest BCUT2D eigenvalue weighted by Crippen LogP contribution is -2.34. The molecule has 0 spiro atoms. The number of halogens is 2. The van der Waals surface area contributed by atoms with Crippen molar-refractivity contribution in [1.82, 2.24) is 9.13 Å². The zero-order valence-corrected chi connectivity index (χ0v) is 28.4. The minimum absolute atomic E-state index is 0.0136. The van der Waals surface area contributed by atoms with E-state index in [0.29, 0.717) is 36.9 Å². The van der Waals surface area contributed by atoms with Crippen LogP contribution >= 0.6 is 0 Å². The Morgan fingerprint density at radius 1 is 0.783 bits per heavy atom. The van der Waals surface area contributed by atoms with E-state index >= 15 is 0 Å². The van der Waals surface area contributed by atoms with Gasteiger partial charge in [-0.05, 0) is 87.6 Å². The molecule has 256 valence electrons. The highest BCUT2D eigenvalue weighted by Gasteiger charge is 2.27. The highest BCUT2D eigenvalue weighted by Crippen LogP contribution is 2.22. The lowest BCUT2D eigenvalue weighted by atomic mass is 10.0. The predicted octanol–water partition coefficient (Wildman–Crippen LogP) is 5.64. The maximum absolute atomic E-state index is 14.3. The molecule has 0 fully saturated rings. The van der Waals surface area contributed by atoms with Crippen LogP contribution in [0, 0.1) is 37.3 Å². The number of hydrogen-bond donors (Lipinski definition) is 0. The third-order valence-corrected chi connectivity index (χ3v) is 6.98. The van der Waals surface area contributed by atoms with Crippen LogP contribution in [-0.2, 0) is 35.0 Å². The van der Waals surface area contributed by atoms with Crippen molar-refractivity contribution < 1.29 is 37.4 Å². The Morgan fingerprint density at radius 2 is 1.24 bits per heavy atom. The molecule has 0 bridgehead atoms. The number of carbonyl (C=O) groups excluding carboxylic acids is 3. The first-order valence-electron chi connectivity index (χ1n) is 15.5. The fourth-order valence-corrected chi connectivity index (χ4v) is 4.60. The second-order valence-corrected chi connectivity index (χ2v) is 11.5. The molecular weight excluding hydrogens is 602 g/mol. The minimum Gasteiger partial charge on any atom is -0.501 e. The molecule has 0 saturated carbocycles. The molecule has 0 saturated heterocycles. The van der Waals surface area contributed by atoms with Crippen molar-refractivity contribution in [3.8, 4) is 0 Å². The Kier molecular flexibility index (Phi) is 16.9. The van der Waals surface area contributed by atoms with Crippen molar-refractivity contribution in [3.63, 3.8) is 0 Å². The largest absolute Gasteiger partial charge is 0.501 e. The van der Waals surface area contributed by atoms with E-state index in [4.69, 9.17) is 14.2 Å². The number of esters is 2. The van der Waals surface area contributed by atoms with Gasteiger partial charge in [0.25, 0.3) is 11.1 Å². The van der Waals surface area contributed by atoms with E-state index in [9.17, 15) is 32.8 Å². The molecule has 2 aromatic heterocycles. The van der Waals surface area contributed by atoms with Crippen LogP contribution in [0.5, 0.6) is 0 Å². The van der Waals surface area contributed by atoms with Crippen LogP contribution in [0.1, 0.15) is 95.6 Å². The summed E-state index contributed by atoms with van der Waals surface area (Å²) >= 11 is 0. The van der Waals surface area contributed by atoms with Gasteiger partial charge < -0.3 is 19.0 Å². The van der Waals surface area contributed by atoms with Crippen molar-refractivity contribution >= 4 is 24.3 Å². The molecule has 0 aliphatic rings. The Bertz CT molecular complexity index is 1480. The zero-order chi connectivity index (χ0) is 35.1. The van der Waals surface area contributed by atoms with Crippen molar-refractivity contribution in [1.29, 1.82) is 0 Å². The monoisotopic (exact) mass is 650 g/mol. The summed E-state index contributed by atoms with van der Waals surface area (Å²) in [6.45, 7) is 16.7. The average Bonchev–Trinajstić information content (AvgIpc) is 2.99. The van der Waals surface area contributed by atoms with Crippen LogP contribution in [0.25, 0.3) is 6.08 Å². The van der Waals surface area contributed by atoms with Crippen molar-refractivity contribution in [2.24, 2.45) is 11.8 Å². The predicted molar refractivity (Wildman–Crippen MR) is 171 cm³/mol. The molecule has 0 aromatic carbocycles. The van der Waals surface area contributed by atoms with Gasteiger partial charge in [-0.2, -0.15) is 0 Å². The number of pyridine rings is 2. The standard InChI is InChI=1S/C18H26FNO4.C16H22FNO4/c1-6-23-9-8-14-11-20(17(21)16(19)13(14)5)15(10-12(3)4)18(22)24-7-2;1-5-22-16(21)13(8-10(2)3)18-9-12(6-7-19)11(4)14(17)15(18)20/h8-9,11-12,15H,6-7,10H2,1-5H3;7,9-10,13H,5-6,8H2,1-4H3/b9-8+;. The van der Waals surface area contributed by atoms with E-state index < -0.39 is 46.8 Å². The molecule has 0 N–H and O–H groups in total. The van der Waals surface area contributed by atoms with Gasteiger partial charge >= 0.3 is 11.9 Å². The smallest absolute Gasteiger partial charge is 0.329 e. The van der Waals surface area contributed by atoms with Gasteiger partial charge in [0.05, 0.1) is 26.1 Å². The van der Waals surface area contributed by atoms with Crippen molar-refractivity contribution in [2.45, 2.75) is 93.7 Å². The Balaban J connectivity index is 0.000000462.